The molecule has 3 rings (SSSR count). The van der Waals surface area contributed by atoms with Gasteiger partial charge in [0.15, 0.2) is 17.3 Å². The number of methoxy groups -OCH3 is 4. The average Bonchev–Trinajstić information content (AvgIpc) is 2.87. The lowest BCUT2D eigenvalue weighted by Gasteiger charge is -2.10. The number of benzene rings is 3. The highest BCUT2D eigenvalue weighted by Gasteiger charge is 2.14. The molecule has 0 aliphatic heterocycles. The number of rotatable bonds is 9. The number of ether oxygens (including phenoxy) is 5. The summed E-state index contributed by atoms with van der Waals surface area (Å²) in [6.07, 6.45) is 3.08. The molecule has 0 amide bonds. The van der Waals surface area contributed by atoms with E-state index in [-0.39, 0.29) is 11.5 Å². The van der Waals surface area contributed by atoms with Crippen molar-refractivity contribution < 1.29 is 33.3 Å². The second-order valence-corrected chi connectivity index (χ2v) is 6.79. The largest absolute Gasteiger partial charge is 0.497 e. The minimum absolute atomic E-state index is 0.233. The molecule has 3 aromatic rings. The van der Waals surface area contributed by atoms with Gasteiger partial charge in [0.05, 0.1) is 39.6 Å². The summed E-state index contributed by atoms with van der Waals surface area (Å²) in [6.45, 7) is 0. The van der Waals surface area contributed by atoms with Gasteiger partial charge in [-0.1, -0.05) is 12.1 Å². The highest BCUT2D eigenvalue weighted by molar-refractivity contribution is 6.08. The van der Waals surface area contributed by atoms with Gasteiger partial charge in [-0.25, -0.2) is 4.79 Å². The zero-order chi connectivity index (χ0) is 23.8. The lowest BCUT2D eigenvalue weighted by molar-refractivity contribution is 0.0729. The third kappa shape index (κ3) is 5.71. The van der Waals surface area contributed by atoms with E-state index >= 15 is 0 Å². The van der Waals surface area contributed by atoms with Gasteiger partial charge in [0.25, 0.3) is 0 Å². The van der Waals surface area contributed by atoms with Gasteiger partial charge in [-0.3, -0.25) is 4.79 Å². The van der Waals surface area contributed by atoms with E-state index in [1.807, 2.05) is 0 Å². The Balaban J connectivity index is 1.75. The molecule has 0 fully saturated rings. The normalized spacial score (nSPS) is 10.5. The van der Waals surface area contributed by atoms with Crippen molar-refractivity contribution in [2.45, 2.75) is 0 Å². The molecule has 0 saturated heterocycles. The van der Waals surface area contributed by atoms with E-state index < -0.39 is 5.97 Å². The number of esters is 1. The molecule has 0 aliphatic carbocycles. The SMILES string of the molecule is COc1ccc(C(=O)Oc2ccc(/C=C/C(=O)c3ccc(OC)cc3OC)cc2OC)cc1. The van der Waals surface area contributed by atoms with Crippen LogP contribution in [0.3, 0.4) is 0 Å². The fourth-order valence-electron chi connectivity index (χ4n) is 3.02. The van der Waals surface area contributed by atoms with Gasteiger partial charge in [0, 0.05) is 6.07 Å². The smallest absolute Gasteiger partial charge is 0.343 e. The maximum absolute atomic E-state index is 12.6. The molecule has 0 spiro atoms. The van der Waals surface area contributed by atoms with Crippen molar-refractivity contribution in [3.05, 3.63) is 83.4 Å². The number of hydrogen-bond acceptors (Lipinski definition) is 7. The van der Waals surface area contributed by atoms with Crippen LogP contribution in [0.4, 0.5) is 0 Å². The topological polar surface area (TPSA) is 80.3 Å². The first kappa shape index (κ1) is 23.4. The van der Waals surface area contributed by atoms with Crippen molar-refractivity contribution in [2.24, 2.45) is 0 Å². The number of hydrogen-bond donors (Lipinski definition) is 0. The molecule has 7 heteroatoms. The monoisotopic (exact) mass is 448 g/mol. The molecular formula is C26H24O7. The lowest BCUT2D eigenvalue weighted by atomic mass is 10.1. The van der Waals surface area contributed by atoms with Crippen LogP contribution < -0.4 is 23.7 Å². The number of carbonyl (C=O) groups excluding carboxylic acids is 2. The van der Waals surface area contributed by atoms with Crippen LogP contribution in [0, 0.1) is 0 Å². The second kappa shape index (κ2) is 10.9. The van der Waals surface area contributed by atoms with Gasteiger partial charge in [0.1, 0.15) is 17.2 Å². The quantitative estimate of drug-likeness (QED) is 0.201. The van der Waals surface area contributed by atoms with Crippen LogP contribution in [0.15, 0.2) is 66.7 Å². The molecule has 7 nitrogen and oxygen atoms in total. The van der Waals surface area contributed by atoms with Crippen LogP contribution in [-0.4, -0.2) is 40.2 Å². The van der Waals surface area contributed by atoms with Gasteiger partial charge >= 0.3 is 5.97 Å². The van der Waals surface area contributed by atoms with Crippen molar-refractivity contribution >= 4 is 17.8 Å². The molecule has 0 saturated carbocycles. The van der Waals surface area contributed by atoms with Gasteiger partial charge < -0.3 is 23.7 Å². The Kier molecular flexibility index (Phi) is 7.70. The van der Waals surface area contributed by atoms with Crippen molar-refractivity contribution in [2.75, 3.05) is 28.4 Å². The second-order valence-electron chi connectivity index (χ2n) is 6.79. The summed E-state index contributed by atoms with van der Waals surface area (Å²) in [7, 11) is 6.06. The lowest BCUT2D eigenvalue weighted by Crippen LogP contribution is -2.09. The summed E-state index contributed by atoms with van der Waals surface area (Å²) < 4.78 is 26.4. The van der Waals surface area contributed by atoms with Crippen LogP contribution in [0.25, 0.3) is 6.08 Å². The van der Waals surface area contributed by atoms with Crippen molar-refractivity contribution in [3.63, 3.8) is 0 Å². The number of carbonyl (C=O) groups is 2. The molecule has 0 aromatic heterocycles. The Morgan fingerprint density at radius 1 is 0.667 bits per heavy atom. The van der Waals surface area contributed by atoms with Crippen molar-refractivity contribution in [1.82, 2.24) is 0 Å². The molecule has 0 unspecified atom stereocenters. The first-order valence-corrected chi connectivity index (χ1v) is 9.97. The van der Waals surface area contributed by atoms with E-state index in [2.05, 4.69) is 0 Å². The molecule has 0 atom stereocenters. The van der Waals surface area contributed by atoms with E-state index in [1.54, 1.807) is 81.0 Å². The Hall–Kier alpha value is -4.26. The molecule has 0 aliphatic rings. The van der Waals surface area contributed by atoms with E-state index in [1.165, 1.54) is 20.3 Å². The van der Waals surface area contributed by atoms with Crippen LogP contribution in [0.1, 0.15) is 26.3 Å². The zero-order valence-corrected chi connectivity index (χ0v) is 18.8. The molecule has 0 N–H and O–H groups in total. The fourth-order valence-corrected chi connectivity index (χ4v) is 3.02. The maximum atomic E-state index is 12.6. The summed E-state index contributed by atoms with van der Waals surface area (Å²) in [5.74, 6) is 1.51. The summed E-state index contributed by atoms with van der Waals surface area (Å²) >= 11 is 0. The van der Waals surface area contributed by atoms with Crippen LogP contribution in [0.2, 0.25) is 0 Å². The van der Waals surface area contributed by atoms with Crippen molar-refractivity contribution in [1.29, 1.82) is 0 Å². The Morgan fingerprint density at radius 3 is 1.97 bits per heavy atom. The van der Waals surface area contributed by atoms with Gasteiger partial charge in [-0.05, 0) is 60.2 Å². The zero-order valence-electron chi connectivity index (χ0n) is 18.8. The van der Waals surface area contributed by atoms with Crippen LogP contribution in [-0.2, 0) is 0 Å². The summed E-state index contributed by atoms with van der Waals surface area (Å²) in [5.41, 5.74) is 1.48. The Labute approximate surface area is 192 Å². The predicted molar refractivity (Wildman–Crippen MR) is 124 cm³/mol. The summed E-state index contributed by atoms with van der Waals surface area (Å²) in [5, 5.41) is 0. The van der Waals surface area contributed by atoms with E-state index in [0.717, 1.165) is 0 Å². The molecule has 0 bridgehead atoms. The van der Waals surface area contributed by atoms with Crippen LogP contribution >= 0.6 is 0 Å². The maximum Gasteiger partial charge on any atom is 0.343 e. The highest BCUT2D eigenvalue weighted by Crippen LogP contribution is 2.30. The first-order chi connectivity index (χ1) is 16.0. The Bertz CT molecular complexity index is 1160. The minimum Gasteiger partial charge on any atom is -0.497 e. The Morgan fingerprint density at radius 2 is 1.33 bits per heavy atom. The molecule has 33 heavy (non-hydrogen) atoms. The first-order valence-electron chi connectivity index (χ1n) is 9.97. The number of ketones is 1. The third-order valence-electron chi connectivity index (χ3n) is 4.82. The molecule has 0 radical (unpaired) electrons. The summed E-state index contributed by atoms with van der Waals surface area (Å²) in [4.78, 5) is 25.1. The summed E-state index contributed by atoms with van der Waals surface area (Å²) in [6, 6.07) is 16.6. The third-order valence-corrected chi connectivity index (χ3v) is 4.82. The molecule has 3 aromatic carbocycles. The van der Waals surface area contributed by atoms with Gasteiger partial charge in [-0.2, -0.15) is 0 Å². The minimum atomic E-state index is -0.527. The van der Waals surface area contributed by atoms with Crippen LogP contribution in [0.5, 0.6) is 28.7 Å². The van der Waals surface area contributed by atoms with E-state index in [4.69, 9.17) is 23.7 Å². The molecule has 0 heterocycles. The van der Waals surface area contributed by atoms with E-state index in [0.29, 0.717) is 39.7 Å². The van der Waals surface area contributed by atoms with Crippen molar-refractivity contribution in [3.8, 4) is 28.7 Å². The van der Waals surface area contributed by atoms with Gasteiger partial charge in [0.2, 0.25) is 0 Å². The standard InChI is InChI=1S/C26H24O7/c1-29-19-9-7-18(8-10-19)26(28)33-23-14-6-17(15-25(23)32-4)5-13-22(27)21-12-11-20(30-2)16-24(21)31-3/h5-16H,1-4H3/b13-5+. The molecule has 170 valence electrons. The number of allylic oxidation sites excluding steroid dienone is 1. The van der Waals surface area contributed by atoms with Gasteiger partial charge in [-0.15, -0.1) is 0 Å². The van der Waals surface area contributed by atoms with E-state index in [9.17, 15) is 9.59 Å². The molecular weight excluding hydrogens is 424 g/mol. The highest BCUT2D eigenvalue weighted by atomic mass is 16.6. The average molecular weight is 448 g/mol. The predicted octanol–water partition coefficient (Wildman–Crippen LogP) is 4.84. The fraction of sp³-hybridized carbons (Fsp3) is 0.154.